The lowest BCUT2D eigenvalue weighted by Gasteiger charge is -2.35. The first-order valence-electron chi connectivity index (χ1n) is 6.33. The van der Waals surface area contributed by atoms with Gasteiger partial charge in [-0.1, -0.05) is 12.1 Å². The molecule has 3 N–H and O–H groups in total. The molecule has 0 aliphatic carbocycles. The van der Waals surface area contributed by atoms with Crippen LogP contribution in [0, 0.1) is 0 Å². The third-order valence-electron chi connectivity index (χ3n) is 3.37. The van der Waals surface area contributed by atoms with E-state index in [-0.39, 0.29) is 5.84 Å². The van der Waals surface area contributed by atoms with Crippen LogP contribution in [0.15, 0.2) is 17.4 Å². The molecule has 1 aromatic heterocycles. The fourth-order valence-electron chi connectivity index (χ4n) is 2.37. The molecule has 2 heterocycles. The van der Waals surface area contributed by atoms with Gasteiger partial charge in [-0.2, -0.15) is 0 Å². The number of nitrogens with zero attached hydrogens (tertiary/aromatic N) is 4. The zero-order valence-corrected chi connectivity index (χ0v) is 10.6. The fourth-order valence-corrected chi connectivity index (χ4v) is 2.37. The molecule has 18 heavy (non-hydrogen) atoms. The van der Waals surface area contributed by atoms with Gasteiger partial charge < -0.3 is 15.8 Å². The van der Waals surface area contributed by atoms with Crippen LogP contribution < -0.4 is 10.6 Å². The van der Waals surface area contributed by atoms with Crippen LogP contribution in [-0.2, 0) is 0 Å². The van der Waals surface area contributed by atoms with Crippen molar-refractivity contribution in [3.05, 3.63) is 18.0 Å². The molecule has 1 aliphatic rings. The number of oxime groups is 1. The van der Waals surface area contributed by atoms with Crippen molar-refractivity contribution in [3.63, 3.8) is 0 Å². The lowest BCUT2D eigenvalue weighted by atomic mass is 10.0. The SMILES string of the molecule is CCC1CCCCN1c1nccc(/C(N)=N/O)n1. The summed E-state index contributed by atoms with van der Waals surface area (Å²) < 4.78 is 0. The predicted molar refractivity (Wildman–Crippen MR) is 69.8 cm³/mol. The zero-order chi connectivity index (χ0) is 13.0. The largest absolute Gasteiger partial charge is 0.409 e. The number of hydrogen-bond donors (Lipinski definition) is 2. The molecule has 2 rings (SSSR count). The first-order valence-corrected chi connectivity index (χ1v) is 6.33. The van der Waals surface area contributed by atoms with Crippen LogP contribution in [0.1, 0.15) is 38.3 Å². The summed E-state index contributed by atoms with van der Waals surface area (Å²) in [5.74, 6) is 0.689. The molecule has 6 nitrogen and oxygen atoms in total. The number of nitrogens with two attached hydrogens (primary N) is 1. The van der Waals surface area contributed by atoms with Crippen LogP contribution >= 0.6 is 0 Å². The smallest absolute Gasteiger partial charge is 0.226 e. The van der Waals surface area contributed by atoms with Crippen molar-refractivity contribution in [3.8, 4) is 0 Å². The first kappa shape index (κ1) is 12.6. The normalized spacial score (nSPS) is 21.1. The van der Waals surface area contributed by atoms with E-state index in [4.69, 9.17) is 10.9 Å². The molecule has 1 saturated heterocycles. The minimum Gasteiger partial charge on any atom is -0.409 e. The molecular formula is C12H19N5O. The summed E-state index contributed by atoms with van der Waals surface area (Å²) in [4.78, 5) is 10.9. The Kier molecular flexibility index (Phi) is 3.96. The molecule has 0 radical (unpaired) electrons. The summed E-state index contributed by atoms with van der Waals surface area (Å²) in [6.45, 7) is 3.15. The van der Waals surface area contributed by atoms with Gasteiger partial charge in [0.15, 0.2) is 5.84 Å². The average Bonchev–Trinajstić information content (AvgIpc) is 2.46. The molecule has 1 aliphatic heterocycles. The van der Waals surface area contributed by atoms with E-state index in [2.05, 4.69) is 26.9 Å². The van der Waals surface area contributed by atoms with Gasteiger partial charge in [-0.25, -0.2) is 9.97 Å². The summed E-state index contributed by atoms with van der Waals surface area (Å²) in [5, 5.41) is 11.6. The van der Waals surface area contributed by atoms with Gasteiger partial charge in [0.05, 0.1) is 0 Å². The van der Waals surface area contributed by atoms with E-state index in [1.165, 1.54) is 12.8 Å². The maximum absolute atomic E-state index is 8.68. The van der Waals surface area contributed by atoms with Crippen LogP contribution in [0.5, 0.6) is 0 Å². The van der Waals surface area contributed by atoms with Gasteiger partial charge in [-0.15, -0.1) is 0 Å². The molecule has 6 heteroatoms. The van der Waals surface area contributed by atoms with Gasteiger partial charge in [0.2, 0.25) is 5.95 Å². The summed E-state index contributed by atoms with van der Waals surface area (Å²) in [6.07, 6.45) is 6.32. The maximum Gasteiger partial charge on any atom is 0.226 e. The molecule has 0 amide bonds. The molecule has 0 saturated carbocycles. The Hall–Kier alpha value is -1.85. The lowest BCUT2D eigenvalue weighted by molar-refractivity contribution is 0.318. The van der Waals surface area contributed by atoms with Crippen molar-refractivity contribution < 1.29 is 5.21 Å². The van der Waals surface area contributed by atoms with Crippen molar-refractivity contribution in [2.24, 2.45) is 10.9 Å². The monoisotopic (exact) mass is 249 g/mol. The Morgan fingerprint density at radius 1 is 1.61 bits per heavy atom. The fraction of sp³-hybridized carbons (Fsp3) is 0.583. The number of rotatable bonds is 3. The first-order chi connectivity index (χ1) is 8.76. The van der Waals surface area contributed by atoms with Crippen LogP contribution in [0.4, 0.5) is 5.95 Å². The van der Waals surface area contributed by atoms with E-state index >= 15 is 0 Å². The van der Waals surface area contributed by atoms with Crippen LogP contribution in [0.25, 0.3) is 0 Å². The summed E-state index contributed by atoms with van der Waals surface area (Å²) in [7, 11) is 0. The second-order valence-electron chi connectivity index (χ2n) is 4.48. The third kappa shape index (κ3) is 2.52. The third-order valence-corrected chi connectivity index (χ3v) is 3.37. The van der Waals surface area contributed by atoms with Crippen molar-refractivity contribution in [1.82, 2.24) is 9.97 Å². The number of piperidine rings is 1. The van der Waals surface area contributed by atoms with Gasteiger partial charge in [0.1, 0.15) is 5.69 Å². The van der Waals surface area contributed by atoms with E-state index in [1.807, 2.05) is 0 Å². The maximum atomic E-state index is 8.68. The Bertz CT molecular complexity index is 434. The highest BCUT2D eigenvalue weighted by Gasteiger charge is 2.23. The molecule has 0 spiro atoms. The minimum atomic E-state index is 0.0173. The Balaban J connectivity index is 2.26. The van der Waals surface area contributed by atoms with E-state index in [0.29, 0.717) is 17.7 Å². The Morgan fingerprint density at radius 3 is 3.17 bits per heavy atom. The van der Waals surface area contributed by atoms with Gasteiger partial charge in [-0.3, -0.25) is 0 Å². The number of aromatic nitrogens is 2. The standard InChI is InChI=1S/C12H19N5O/c1-2-9-5-3-4-8-17(9)12-14-7-6-10(15-12)11(13)16-18/h6-7,9,18H,2-5,8H2,1H3,(H2,13,16). The zero-order valence-electron chi connectivity index (χ0n) is 10.6. The van der Waals surface area contributed by atoms with Crippen LogP contribution in [-0.4, -0.2) is 33.6 Å². The van der Waals surface area contributed by atoms with Gasteiger partial charge in [0.25, 0.3) is 0 Å². The Labute approximate surface area is 107 Å². The van der Waals surface area contributed by atoms with Crippen molar-refractivity contribution in [1.29, 1.82) is 0 Å². The van der Waals surface area contributed by atoms with Crippen LogP contribution in [0.3, 0.4) is 0 Å². The summed E-state index contributed by atoms with van der Waals surface area (Å²) in [5.41, 5.74) is 6.01. The molecule has 1 atom stereocenters. The van der Waals surface area contributed by atoms with E-state index in [0.717, 1.165) is 19.4 Å². The highest BCUT2D eigenvalue weighted by Crippen LogP contribution is 2.23. The molecule has 1 aromatic rings. The quantitative estimate of drug-likeness (QED) is 0.365. The molecule has 0 aromatic carbocycles. The van der Waals surface area contributed by atoms with E-state index < -0.39 is 0 Å². The van der Waals surface area contributed by atoms with E-state index in [9.17, 15) is 0 Å². The second-order valence-corrected chi connectivity index (χ2v) is 4.48. The number of anilines is 1. The molecular weight excluding hydrogens is 230 g/mol. The molecule has 0 bridgehead atoms. The van der Waals surface area contributed by atoms with Gasteiger partial charge in [-0.05, 0) is 31.7 Å². The number of amidine groups is 1. The minimum absolute atomic E-state index is 0.0173. The Morgan fingerprint density at radius 2 is 2.44 bits per heavy atom. The topological polar surface area (TPSA) is 87.6 Å². The summed E-state index contributed by atoms with van der Waals surface area (Å²) in [6, 6.07) is 2.13. The van der Waals surface area contributed by atoms with Gasteiger partial charge in [0, 0.05) is 18.8 Å². The lowest BCUT2D eigenvalue weighted by Crippen LogP contribution is -2.40. The van der Waals surface area contributed by atoms with Crippen molar-refractivity contribution in [2.45, 2.75) is 38.6 Å². The molecule has 98 valence electrons. The summed E-state index contributed by atoms with van der Waals surface area (Å²) >= 11 is 0. The highest BCUT2D eigenvalue weighted by atomic mass is 16.4. The predicted octanol–water partition coefficient (Wildman–Crippen LogP) is 1.34. The molecule has 1 fully saturated rings. The average molecular weight is 249 g/mol. The van der Waals surface area contributed by atoms with E-state index in [1.54, 1.807) is 12.3 Å². The van der Waals surface area contributed by atoms with Crippen LogP contribution in [0.2, 0.25) is 0 Å². The number of hydrogen-bond acceptors (Lipinski definition) is 5. The second kappa shape index (κ2) is 5.66. The van der Waals surface area contributed by atoms with Crippen molar-refractivity contribution in [2.75, 3.05) is 11.4 Å². The molecule has 1 unspecified atom stereocenters. The van der Waals surface area contributed by atoms with Crippen molar-refractivity contribution >= 4 is 11.8 Å². The van der Waals surface area contributed by atoms with Gasteiger partial charge >= 0.3 is 0 Å². The highest BCUT2D eigenvalue weighted by molar-refractivity contribution is 5.95.